The summed E-state index contributed by atoms with van der Waals surface area (Å²) in [7, 11) is 1.34. The van der Waals surface area contributed by atoms with Crippen LogP contribution in [0.4, 0.5) is 22.0 Å². The van der Waals surface area contributed by atoms with Crippen molar-refractivity contribution < 1.29 is 36.3 Å². The van der Waals surface area contributed by atoms with Crippen LogP contribution in [0.3, 0.4) is 0 Å². The molecule has 1 aliphatic heterocycles. The van der Waals surface area contributed by atoms with E-state index < -0.39 is 58.9 Å². The summed E-state index contributed by atoms with van der Waals surface area (Å²) < 4.78 is 72.1. The molecular weight excluding hydrogens is 485 g/mol. The van der Waals surface area contributed by atoms with Gasteiger partial charge >= 0.3 is 6.18 Å². The van der Waals surface area contributed by atoms with Crippen molar-refractivity contribution in [2.24, 2.45) is 5.41 Å². The van der Waals surface area contributed by atoms with Gasteiger partial charge in [-0.1, -0.05) is 32.9 Å². The minimum absolute atomic E-state index is 0.0737. The second kappa shape index (κ2) is 10.4. The Labute approximate surface area is 205 Å². The zero-order valence-corrected chi connectivity index (χ0v) is 20.2. The lowest BCUT2D eigenvalue weighted by Gasteiger charge is -2.36. The monoisotopic (exact) mass is 513 g/mol. The number of hydrogen-bond acceptors (Lipinski definition) is 4. The number of hydrogen-bond donors (Lipinski definition) is 3. The number of benzene rings is 2. The van der Waals surface area contributed by atoms with Gasteiger partial charge in [-0.15, -0.1) is 0 Å². The van der Waals surface area contributed by atoms with E-state index in [4.69, 9.17) is 4.74 Å². The van der Waals surface area contributed by atoms with Gasteiger partial charge in [0.15, 0.2) is 11.6 Å². The van der Waals surface area contributed by atoms with Crippen molar-refractivity contribution in [3.05, 3.63) is 64.7 Å². The van der Waals surface area contributed by atoms with Crippen LogP contribution in [-0.2, 0) is 22.2 Å². The molecule has 2 unspecified atom stereocenters. The minimum Gasteiger partial charge on any atom is -0.494 e. The van der Waals surface area contributed by atoms with Crippen LogP contribution in [0.1, 0.15) is 49.9 Å². The minimum atomic E-state index is -4.84. The first-order valence-electron chi connectivity index (χ1n) is 11.2. The number of nitrogens with one attached hydrogen (secondary N) is 3. The number of carbonyl (C=O) groups is 2. The molecule has 11 heteroatoms. The van der Waals surface area contributed by atoms with Crippen LogP contribution in [0.15, 0.2) is 36.4 Å². The standard InChI is InChI=1S/C25H28F5N3O3/c1-24(2,3)22(14-6-7-15(16(26)11-14)25(28,29)30)33-23(35)18-12-21(34)32-20(31-18)10-13-5-8-19(36-4)17(27)9-13/h5-9,11,18,20,22,31H,10,12H2,1-4H3,(H,32,34)(H,33,35)/t18?,20?,22-/m0/s1. The maximum Gasteiger partial charge on any atom is 0.419 e. The Kier molecular flexibility index (Phi) is 7.92. The molecule has 1 aliphatic rings. The van der Waals surface area contributed by atoms with Crippen LogP contribution < -0.4 is 20.7 Å². The number of carbonyl (C=O) groups excluding carboxylic acids is 2. The molecule has 2 aromatic rings. The van der Waals surface area contributed by atoms with E-state index in [1.807, 2.05) is 0 Å². The lowest BCUT2D eigenvalue weighted by atomic mass is 9.81. The van der Waals surface area contributed by atoms with E-state index in [0.29, 0.717) is 11.6 Å². The van der Waals surface area contributed by atoms with Crippen molar-refractivity contribution in [3.63, 3.8) is 0 Å². The van der Waals surface area contributed by atoms with Gasteiger partial charge in [0.2, 0.25) is 11.8 Å². The fourth-order valence-corrected chi connectivity index (χ4v) is 4.12. The van der Waals surface area contributed by atoms with Crippen LogP contribution >= 0.6 is 0 Å². The fraction of sp³-hybridized carbons (Fsp3) is 0.440. The highest BCUT2D eigenvalue weighted by atomic mass is 19.4. The Balaban J connectivity index is 1.77. The first-order chi connectivity index (χ1) is 16.7. The molecular formula is C25H28F5N3O3. The van der Waals surface area contributed by atoms with Gasteiger partial charge < -0.3 is 15.4 Å². The van der Waals surface area contributed by atoms with E-state index in [0.717, 1.165) is 12.1 Å². The number of methoxy groups -OCH3 is 1. The van der Waals surface area contributed by atoms with E-state index in [-0.39, 0.29) is 24.2 Å². The zero-order valence-electron chi connectivity index (χ0n) is 20.2. The summed E-state index contributed by atoms with van der Waals surface area (Å²) in [5.41, 5.74) is -1.38. The number of ether oxygens (including phenoxy) is 1. The maximum absolute atomic E-state index is 14.2. The SMILES string of the molecule is COc1ccc(CC2NC(=O)CC(C(=O)N[C@@H](c3ccc(C(F)(F)F)c(F)c3)C(C)(C)C)N2)cc1F. The maximum atomic E-state index is 14.2. The van der Waals surface area contributed by atoms with Crippen LogP contribution in [0.5, 0.6) is 5.75 Å². The molecule has 6 nitrogen and oxygen atoms in total. The van der Waals surface area contributed by atoms with Crippen LogP contribution in [0.2, 0.25) is 0 Å². The topological polar surface area (TPSA) is 79.5 Å². The first kappa shape index (κ1) is 27.4. The van der Waals surface area contributed by atoms with Crippen molar-refractivity contribution in [1.82, 2.24) is 16.0 Å². The van der Waals surface area contributed by atoms with Gasteiger partial charge in [-0.3, -0.25) is 14.9 Å². The quantitative estimate of drug-likeness (QED) is 0.505. The third kappa shape index (κ3) is 6.51. The molecule has 3 atom stereocenters. The summed E-state index contributed by atoms with van der Waals surface area (Å²) in [6.07, 6.45) is -5.52. The molecule has 0 radical (unpaired) electrons. The van der Waals surface area contributed by atoms with E-state index >= 15 is 0 Å². The second-order valence-electron chi connectivity index (χ2n) is 9.76. The van der Waals surface area contributed by atoms with Crippen LogP contribution in [0.25, 0.3) is 0 Å². The fourth-order valence-electron chi connectivity index (χ4n) is 4.12. The Morgan fingerprint density at radius 2 is 1.81 bits per heavy atom. The van der Waals surface area contributed by atoms with Crippen molar-refractivity contribution in [2.75, 3.05) is 7.11 Å². The lowest BCUT2D eigenvalue weighted by Crippen LogP contribution is -2.62. The molecule has 1 heterocycles. The number of amides is 2. The van der Waals surface area contributed by atoms with Gasteiger partial charge in [-0.2, -0.15) is 13.2 Å². The molecule has 196 valence electrons. The van der Waals surface area contributed by atoms with Crippen molar-refractivity contribution in [3.8, 4) is 5.75 Å². The third-order valence-electron chi connectivity index (χ3n) is 5.88. The molecule has 3 rings (SSSR count). The molecule has 0 aliphatic carbocycles. The smallest absolute Gasteiger partial charge is 0.419 e. The average molecular weight is 514 g/mol. The normalized spacial score (nSPS) is 19.4. The Morgan fingerprint density at radius 3 is 2.36 bits per heavy atom. The van der Waals surface area contributed by atoms with Gasteiger partial charge in [-0.05, 0) is 40.8 Å². The molecule has 0 bridgehead atoms. The highest BCUT2D eigenvalue weighted by Crippen LogP contribution is 2.37. The van der Waals surface area contributed by atoms with Gasteiger partial charge in [-0.25, -0.2) is 8.78 Å². The molecule has 1 fully saturated rings. The van der Waals surface area contributed by atoms with Gasteiger partial charge in [0.1, 0.15) is 5.82 Å². The Bertz CT molecular complexity index is 1130. The Morgan fingerprint density at radius 1 is 1.11 bits per heavy atom. The van der Waals surface area contributed by atoms with Crippen LogP contribution in [-0.4, -0.2) is 31.1 Å². The summed E-state index contributed by atoms with van der Waals surface area (Å²) in [5.74, 6) is -2.91. The highest BCUT2D eigenvalue weighted by Gasteiger charge is 2.37. The predicted molar refractivity (Wildman–Crippen MR) is 122 cm³/mol. The first-order valence-corrected chi connectivity index (χ1v) is 11.2. The predicted octanol–water partition coefficient (Wildman–Crippen LogP) is 4.24. The highest BCUT2D eigenvalue weighted by molar-refractivity contribution is 5.89. The Hall–Kier alpha value is -3.21. The average Bonchev–Trinajstić information content (AvgIpc) is 2.75. The summed E-state index contributed by atoms with van der Waals surface area (Å²) in [6.45, 7) is 5.24. The molecule has 2 amide bonds. The van der Waals surface area contributed by atoms with Gasteiger partial charge in [0, 0.05) is 6.42 Å². The van der Waals surface area contributed by atoms with Crippen LogP contribution in [0, 0.1) is 17.0 Å². The molecule has 1 saturated heterocycles. The van der Waals surface area contributed by atoms with Gasteiger partial charge in [0.25, 0.3) is 0 Å². The number of alkyl halides is 3. The number of halogens is 5. The molecule has 3 N–H and O–H groups in total. The molecule has 0 aromatic heterocycles. The summed E-state index contributed by atoms with van der Waals surface area (Å²) in [5, 5.41) is 8.46. The molecule has 36 heavy (non-hydrogen) atoms. The third-order valence-corrected chi connectivity index (χ3v) is 5.88. The van der Waals surface area contributed by atoms with Gasteiger partial charge in [0.05, 0.1) is 37.3 Å². The summed E-state index contributed by atoms with van der Waals surface area (Å²) in [6, 6.07) is 5.09. The van der Waals surface area contributed by atoms with Crippen molar-refractivity contribution in [2.45, 2.75) is 58.0 Å². The van der Waals surface area contributed by atoms with E-state index in [1.54, 1.807) is 26.8 Å². The summed E-state index contributed by atoms with van der Waals surface area (Å²) in [4.78, 5) is 25.4. The van der Waals surface area contributed by atoms with E-state index in [2.05, 4.69) is 16.0 Å². The number of rotatable bonds is 6. The second-order valence-corrected chi connectivity index (χ2v) is 9.76. The lowest BCUT2D eigenvalue weighted by molar-refractivity contribution is -0.140. The van der Waals surface area contributed by atoms with Crippen molar-refractivity contribution in [1.29, 1.82) is 0 Å². The molecule has 0 saturated carbocycles. The molecule has 2 aromatic carbocycles. The van der Waals surface area contributed by atoms with E-state index in [1.165, 1.54) is 19.2 Å². The zero-order chi connectivity index (χ0) is 26.8. The largest absolute Gasteiger partial charge is 0.494 e. The summed E-state index contributed by atoms with van der Waals surface area (Å²) >= 11 is 0. The van der Waals surface area contributed by atoms with E-state index in [9.17, 15) is 31.5 Å². The van der Waals surface area contributed by atoms with Crippen molar-refractivity contribution >= 4 is 11.8 Å². The molecule has 0 spiro atoms.